The molecule has 2 fully saturated rings. The van der Waals surface area contributed by atoms with E-state index >= 15 is 0 Å². The molecule has 2 amide bonds. The molecule has 8 heteroatoms. The third-order valence-corrected chi connectivity index (χ3v) is 9.28. The molecule has 0 radical (unpaired) electrons. The number of phenolic OH excluding ortho intramolecular Hbond substituents is 1. The van der Waals surface area contributed by atoms with E-state index in [4.69, 9.17) is 0 Å². The summed E-state index contributed by atoms with van der Waals surface area (Å²) in [4.78, 5) is 43.1. The maximum atomic E-state index is 14.3. The summed E-state index contributed by atoms with van der Waals surface area (Å²) in [6.45, 7) is 4.71. The van der Waals surface area contributed by atoms with E-state index < -0.39 is 41.2 Å². The van der Waals surface area contributed by atoms with E-state index in [1.807, 2.05) is 49.4 Å². The molecular formula is C35H31N3O5. The number of phenols is 1. The molecule has 2 saturated heterocycles. The molecule has 8 nitrogen and oxygen atoms in total. The third kappa shape index (κ3) is 3.90. The number of para-hydroxylation sites is 2. The van der Waals surface area contributed by atoms with Gasteiger partial charge in [0.05, 0.1) is 17.5 Å². The quantitative estimate of drug-likeness (QED) is 0.236. The van der Waals surface area contributed by atoms with Crippen LogP contribution in [0.15, 0.2) is 91.0 Å². The molecule has 3 heterocycles. The number of carboxylic acids is 1. The predicted molar refractivity (Wildman–Crippen MR) is 164 cm³/mol. The Labute approximate surface area is 248 Å². The fourth-order valence-corrected chi connectivity index (χ4v) is 7.32. The Balaban J connectivity index is 1.42. The van der Waals surface area contributed by atoms with E-state index in [2.05, 4.69) is 28.9 Å². The maximum Gasteiger partial charge on any atom is 0.325 e. The number of carbonyl (C=O) groups is 3. The van der Waals surface area contributed by atoms with Crippen LogP contribution in [0, 0.1) is 18.8 Å². The zero-order valence-electron chi connectivity index (χ0n) is 23.8. The summed E-state index contributed by atoms with van der Waals surface area (Å²) in [6.07, 6.45) is -0.0434. The lowest BCUT2D eigenvalue weighted by Gasteiger charge is -2.31. The van der Waals surface area contributed by atoms with Gasteiger partial charge in [-0.05, 0) is 66.9 Å². The van der Waals surface area contributed by atoms with Crippen molar-refractivity contribution in [1.29, 1.82) is 0 Å². The van der Waals surface area contributed by atoms with Crippen molar-refractivity contribution in [2.24, 2.45) is 11.8 Å². The number of nitrogens with one attached hydrogen (secondary N) is 1. The second-order valence-electron chi connectivity index (χ2n) is 11.6. The molecule has 2 aliphatic heterocycles. The number of carbonyl (C=O) groups excluding carboxylic acids is 2. The molecule has 0 spiro atoms. The smallest absolute Gasteiger partial charge is 0.325 e. The first-order chi connectivity index (χ1) is 20.7. The number of aromatic nitrogens is 1. The normalized spacial score (nSPS) is 23.4. The number of benzene rings is 4. The fraction of sp³-hybridized carbons (Fsp3) is 0.229. The Kier molecular flexibility index (Phi) is 6.14. The zero-order valence-corrected chi connectivity index (χ0v) is 23.8. The fourth-order valence-electron chi connectivity index (χ4n) is 7.32. The number of hydrogen-bond acceptors (Lipinski definition) is 5. The molecule has 216 valence electrons. The summed E-state index contributed by atoms with van der Waals surface area (Å²) in [5.74, 6) is -4.16. The monoisotopic (exact) mass is 573 g/mol. The van der Waals surface area contributed by atoms with Gasteiger partial charge < -0.3 is 14.8 Å². The van der Waals surface area contributed by atoms with Crippen LogP contribution in [0.1, 0.15) is 29.7 Å². The number of rotatable bonds is 6. The Morgan fingerprint density at radius 2 is 1.58 bits per heavy atom. The second-order valence-corrected chi connectivity index (χ2v) is 11.6. The van der Waals surface area contributed by atoms with Gasteiger partial charge >= 0.3 is 5.97 Å². The molecule has 1 aromatic heterocycles. The zero-order chi connectivity index (χ0) is 30.0. The molecule has 4 aromatic carbocycles. The average Bonchev–Trinajstić information content (AvgIpc) is 3.61. The molecule has 3 N–H and O–H groups in total. The van der Waals surface area contributed by atoms with Crippen LogP contribution in [0.25, 0.3) is 21.8 Å². The minimum absolute atomic E-state index is 0.0434. The van der Waals surface area contributed by atoms with Gasteiger partial charge in [-0.15, -0.1) is 0 Å². The van der Waals surface area contributed by atoms with Crippen LogP contribution in [0.2, 0.25) is 0 Å². The number of imide groups is 1. The predicted octanol–water partition coefficient (Wildman–Crippen LogP) is 5.34. The molecule has 4 unspecified atom stereocenters. The number of carboxylic acid groups (broad SMARTS) is 1. The highest BCUT2D eigenvalue weighted by atomic mass is 16.4. The van der Waals surface area contributed by atoms with E-state index in [0.717, 1.165) is 39.5 Å². The van der Waals surface area contributed by atoms with Gasteiger partial charge in [0.25, 0.3) is 0 Å². The summed E-state index contributed by atoms with van der Waals surface area (Å²) < 4.78 is 2.23. The Bertz CT molecular complexity index is 1940. The van der Waals surface area contributed by atoms with E-state index in [1.54, 1.807) is 24.3 Å². The minimum atomic E-state index is -1.76. The van der Waals surface area contributed by atoms with Crippen molar-refractivity contribution in [2.75, 3.05) is 4.90 Å². The Morgan fingerprint density at radius 1 is 0.884 bits per heavy atom. The number of anilines is 1. The van der Waals surface area contributed by atoms with Crippen molar-refractivity contribution in [2.45, 2.75) is 38.4 Å². The van der Waals surface area contributed by atoms with Gasteiger partial charge in [-0.1, -0.05) is 54.6 Å². The maximum absolute atomic E-state index is 14.3. The molecule has 43 heavy (non-hydrogen) atoms. The number of amides is 2. The average molecular weight is 574 g/mol. The van der Waals surface area contributed by atoms with Crippen LogP contribution in [-0.4, -0.2) is 38.1 Å². The molecule has 4 atom stereocenters. The van der Waals surface area contributed by atoms with Crippen LogP contribution < -0.4 is 10.2 Å². The standard InChI is InChI=1S/C35H31N3O5/c1-3-37-27-11-7-5-9-24(27)25-18-22(14-17-28(25)37)31-29-30(33(41)38(32(29)40)26-10-6-4-8-20(26)2)35(36-31,34(42)43)19-21-12-15-23(39)16-13-21/h4-18,29-31,36,39H,3,19H2,1-2H3,(H,42,43). The number of hydrogen-bond donors (Lipinski definition) is 3. The molecule has 2 aliphatic rings. The van der Waals surface area contributed by atoms with Crippen LogP contribution in [-0.2, 0) is 27.3 Å². The van der Waals surface area contributed by atoms with Gasteiger partial charge in [0, 0.05) is 40.8 Å². The molecule has 5 aromatic rings. The Hall–Kier alpha value is -4.95. The molecule has 0 aliphatic carbocycles. The van der Waals surface area contributed by atoms with Gasteiger partial charge in [-0.25, -0.2) is 4.90 Å². The van der Waals surface area contributed by atoms with Crippen molar-refractivity contribution in [3.8, 4) is 5.75 Å². The number of fused-ring (bicyclic) bond motifs is 4. The van der Waals surface area contributed by atoms with Crippen LogP contribution in [0.5, 0.6) is 5.75 Å². The van der Waals surface area contributed by atoms with Crippen LogP contribution in [0.4, 0.5) is 5.69 Å². The summed E-state index contributed by atoms with van der Waals surface area (Å²) in [5.41, 5.74) is 2.98. The van der Waals surface area contributed by atoms with Gasteiger partial charge in [-0.2, -0.15) is 0 Å². The lowest BCUT2D eigenvalue weighted by Crippen LogP contribution is -2.57. The van der Waals surface area contributed by atoms with Crippen molar-refractivity contribution < 1.29 is 24.6 Å². The van der Waals surface area contributed by atoms with Gasteiger partial charge in [0.1, 0.15) is 11.3 Å². The van der Waals surface area contributed by atoms with Crippen LogP contribution in [0.3, 0.4) is 0 Å². The molecule has 7 rings (SSSR count). The van der Waals surface area contributed by atoms with Crippen molar-refractivity contribution in [3.63, 3.8) is 0 Å². The highest BCUT2D eigenvalue weighted by Crippen LogP contribution is 2.51. The van der Waals surface area contributed by atoms with Gasteiger partial charge in [-0.3, -0.25) is 19.7 Å². The lowest BCUT2D eigenvalue weighted by atomic mass is 9.76. The van der Waals surface area contributed by atoms with Crippen molar-refractivity contribution in [3.05, 3.63) is 108 Å². The third-order valence-electron chi connectivity index (χ3n) is 9.28. The molecule has 0 saturated carbocycles. The highest BCUT2D eigenvalue weighted by molar-refractivity contribution is 6.24. The van der Waals surface area contributed by atoms with Gasteiger partial charge in [0.2, 0.25) is 11.8 Å². The summed E-state index contributed by atoms with van der Waals surface area (Å²) in [6, 6.07) is 26.9. The van der Waals surface area contributed by atoms with Crippen molar-refractivity contribution in [1.82, 2.24) is 9.88 Å². The molecule has 0 bridgehead atoms. The topological polar surface area (TPSA) is 112 Å². The van der Waals surface area contributed by atoms with Crippen LogP contribution >= 0.6 is 0 Å². The Morgan fingerprint density at radius 3 is 2.30 bits per heavy atom. The van der Waals surface area contributed by atoms with E-state index in [0.29, 0.717) is 11.3 Å². The lowest BCUT2D eigenvalue weighted by molar-refractivity contribution is -0.148. The number of aliphatic carboxylic acids is 1. The first-order valence-electron chi connectivity index (χ1n) is 14.5. The largest absolute Gasteiger partial charge is 0.508 e. The summed E-state index contributed by atoms with van der Waals surface area (Å²) in [5, 5.41) is 26.1. The molecular weight excluding hydrogens is 542 g/mol. The first-order valence-corrected chi connectivity index (χ1v) is 14.5. The SMILES string of the molecule is CCn1c2ccccc2c2cc(C3NC(Cc4ccc(O)cc4)(C(=O)O)C4C(=O)N(c5ccccc5C)C(=O)C34)ccc21. The second kappa shape index (κ2) is 9.81. The first kappa shape index (κ1) is 26.9. The van der Waals surface area contributed by atoms with E-state index in [-0.39, 0.29) is 12.2 Å². The number of nitrogens with zero attached hydrogens (tertiary/aromatic N) is 2. The van der Waals surface area contributed by atoms with Gasteiger partial charge in [0.15, 0.2) is 0 Å². The summed E-state index contributed by atoms with van der Waals surface area (Å²) >= 11 is 0. The number of aryl methyl sites for hydroxylation is 2. The van der Waals surface area contributed by atoms with E-state index in [1.165, 1.54) is 17.0 Å². The van der Waals surface area contributed by atoms with E-state index in [9.17, 15) is 24.6 Å². The summed E-state index contributed by atoms with van der Waals surface area (Å²) in [7, 11) is 0. The minimum Gasteiger partial charge on any atom is -0.508 e. The van der Waals surface area contributed by atoms with Crippen molar-refractivity contribution >= 4 is 45.3 Å². The number of aromatic hydroxyl groups is 1. The highest BCUT2D eigenvalue weighted by Gasteiger charge is 2.68.